The normalized spacial score (nSPS) is 18.4. The van der Waals surface area contributed by atoms with Crippen LogP contribution in [0.3, 0.4) is 0 Å². The number of nitrogens with one attached hydrogen (secondary N) is 1. The summed E-state index contributed by atoms with van der Waals surface area (Å²) >= 11 is 0. The molecule has 1 aliphatic rings. The molecule has 1 atom stereocenters. The Balaban J connectivity index is 1.82. The van der Waals surface area contributed by atoms with Gasteiger partial charge >= 0.3 is 0 Å². The fourth-order valence-electron chi connectivity index (χ4n) is 2.51. The van der Waals surface area contributed by atoms with Crippen molar-refractivity contribution in [2.24, 2.45) is 11.1 Å². The number of amides is 1. The van der Waals surface area contributed by atoms with E-state index in [0.717, 1.165) is 11.1 Å². The van der Waals surface area contributed by atoms with Gasteiger partial charge in [0.1, 0.15) is 11.7 Å². The second-order valence-electron chi connectivity index (χ2n) is 5.26. The second-order valence-corrected chi connectivity index (χ2v) is 5.26. The minimum atomic E-state index is -0.652. The van der Waals surface area contributed by atoms with Crippen LogP contribution >= 0.6 is 0 Å². The zero-order chi connectivity index (χ0) is 15.5. The van der Waals surface area contributed by atoms with Gasteiger partial charge in [-0.3, -0.25) is 4.79 Å². The maximum Gasteiger partial charge on any atom is 0.243 e. The molecule has 1 heterocycles. The second kappa shape index (κ2) is 5.89. The van der Waals surface area contributed by atoms with E-state index in [1.807, 2.05) is 49.4 Å². The van der Waals surface area contributed by atoms with Crippen LogP contribution in [0.2, 0.25) is 0 Å². The Morgan fingerprint density at radius 3 is 2.86 bits per heavy atom. The first-order valence-corrected chi connectivity index (χ1v) is 7.02. The van der Waals surface area contributed by atoms with Crippen molar-refractivity contribution in [1.82, 2.24) is 0 Å². The van der Waals surface area contributed by atoms with Crippen LogP contribution in [0.15, 0.2) is 53.7 Å². The zero-order valence-corrected chi connectivity index (χ0v) is 12.1. The van der Waals surface area contributed by atoms with Crippen molar-refractivity contribution < 1.29 is 14.7 Å². The van der Waals surface area contributed by atoms with Crippen molar-refractivity contribution in [1.29, 1.82) is 0 Å². The number of carbonyl (C=O) groups is 1. The molecule has 2 aromatic rings. The van der Waals surface area contributed by atoms with Crippen LogP contribution < -0.4 is 10.1 Å². The molecular weight excluding hydrogens is 280 g/mol. The lowest BCUT2D eigenvalue weighted by Crippen LogP contribution is -2.37. The minimum absolute atomic E-state index is 0.0175. The highest BCUT2D eigenvalue weighted by Gasteiger charge is 2.33. The summed E-state index contributed by atoms with van der Waals surface area (Å²) < 4.78 is 5.52. The van der Waals surface area contributed by atoms with Crippen molar-refractivity contribution in [2.45, 2.75) is 13.3 Å². The molecule has 0 saturated heterocycles. The molecule has 0 spiro atoms. The van der Waals surface area contributed by atoms with Gasteiger partial charge in [-0.2, -0.15) is 0 Å². The lowest BCUT2D eigenvalue weighted by molar-refractivity contribution is -0.118. The number of para-hydroxylation sites is 1. The molecule has 22 heavy (non-hydrogen) atoms. The SMILES string of the molecule is Cc1cccc(NC(=O)[C@H]2Cc3ccccc3O/C2=N/O)c1. The first kappa shape index (κ1) is 14.1. The van der Waals surface area contributed by atoms with Gasteiger partial charge in [0, 0.05) is 5.69 Å². The highest BCUT2D eigenvalue weighted by atomic mass is 16.5. The van der Waals surface area contributed by atoms with Gasteiger partial charge in [-0.15, -0.1) is 0 Å². The van der Waals surface area contributed by atoms with Gasteiger partial charge in [-0.1, -0.05) is 35.5 Å². The van der Waals surface area contributed by atoms with E-state index in [-0.39, 0.29) is 11.8 Å². The van der Waals surface area contributed by atoms with E-state index < -0.39 is 5.92 Å². The summed E-state index contributed by atoms with van der Waals surface area (Å²) in [5, 5.41) is 15.1. The summed E-state index contributed by atoms with van der Waals surface area (Å²) in [6.45, 7) is 1.95. The van der Waals surface area contributed by atoms with Crippen molar-refractivity contribution in [3.05, 3.63) is 59.7 Å². The molecule has 0 aliphatic carbocycles. The summed E-state index contributed by atoms with van der Waals surface area (Å²) in [5.74, 6) is -0.271. The highest BCUT2D eigenvalue weighted by molar-refractivity contribution is 6.07. The molecule has 5 heteroatoms. The van der Waals surface area contributed by atoms with Crippen molar-refractivity contribution in [3.63, 3.8) is 0 Å². The van der Waals surface area contributed by atoms with Gasteiger partial charge in [-0.05, 0) is 42.7 Å². The number of ether oxygens (including phenoxy) is 1. The van der Waals surface area contributed by atoms with Crippen LogP contribution in [-0.2, 0) is 11.2 Å². The molecule has 1 amide bonds. The first-order chi connectivity index (χ1) is 10.7. The van der Waals surface area contributed by atoms with E-state index in [9.17, 15) is 4.79 Å². The predicted molar refractivity (Wildman–Crippen MR) is 83.3 cm³/mol. The summed E-state index contributed by atoms with van der Waals surface area (Å²) in [5.41, 5.74) is 2.68. The molecule has 2 aromatic carbocycles. The van der Waals surface area contributed by atoms with Crippen LogP contribution in [0.1, 0.15) is 11.1 Å². The van der Waals surface area contributed by atoms with Crippen molar-refractivity contribution in [3.8, 4) is 5.75 Å². The van der Waals surface area contributed by atoms with E-state index in [2.05, 4.69) is 10.5 Å². The Labute approximate surface area is 128 Å². The number of hydrogen-bond acceptors (Lipinski definition) is 4. The molecule has 1 aliphatic heterocycles. The van der Waals surface area contributed by atoms with Crippen LogP contribution in [0.25, 0.3) is 0 Å². The third kappa shape index (κ3) is 2.79. The maximum atomic E-state index is 12.5. The summed E-state index contributed by atoms with van der Waals surface area (Å²) in [6, 6.07) is 14.9. The predicted octanol–water partition coefficient (Wildman–Crippen LogP) is 2.97. The smallest absolute Gasteiger partial charge is 0.243 e. The van der Waals surface area contributed by atoms with Gasteiger partial charge in [0.25, 0.3) is 0 Å². The standard InChI is InChI=1S/C17H16N2O3/c1-11-5-4-7-13(9-11)18-16(20)14-10-12-6-2-3-8-15(12)22-17(14)19-21/h2-9,14,21H,10H2,1H3,(H,18,20)/b19-17+/t14-/m1/s1. The number of aryl methyl sites for hydroxylation is 1. The van der Waals surface area contributed by atoms with E-state index in [0.29, 0.717) is 17.9 Å². The monoisotopic (exact) mass is 296 g/mol. The third-order valence-corrected chi connectivity index (χ3v) is 3.61. The summed E-state index contributed by atoms with van der Waals surface area (Å²) in [7, 11) is 0. The molecular formula is C17H16N2O3. The lowest BCUT2D eigenvalue weighted by atomic mass is 9.95. The molecule has 3 rings (SSSR count). The highest BCUT2D eigenvalue weighted by Crippen LogP contribution is 2.29. The number of benzene rings is 2. The topological polar surface area (TPSA) is 70.9 Å². The Kier molecular flexibility index (Phi) is 3.78. The van der Waals surface area contributed by atoms with E-state index in [4.69, 9.17) is 9.94 Å². The molecule has 0 radical (unpaired) electrons. The number of carbonyl (C=O) groups excluding carboxylic acids is 1. The van der Waals surface area contributed by atoms with Gasteiger partial charge < -0.3 is 15.3 Å². The molecule has 0 fully saturated rings. The Morgan fingerprint density at radius 1 is 1.27 bits per heavy atom. The number of hydrogen-bond donors (Lipinski definition) is 2. The Bertz CT molecular complexity index is 740. The average Bonchev–Trinajstić information content (AvgIpc) is 2.53. The molecule has 0 unspecified atom stereocenters. The maximum absolute atomic E-state index is 12.5. The van der Waals surface area contributed by atoms with E-state index >= 15 is 0 Å². The van der Waals surface area contributed by atoms with Gasteiger partial charge in [-0.25, -0.2) is 0 Å². The molecule has 5 nitrogen and oxygen atoms in total. The van der Waals surface area contributed by atoms with Crippen molar-refractivity contribution in [2.75, 3.05) is 5.32 Å². The zero-order valence-electron chi connectivity index (χ0n) is 12.1. The minimum Gasteiger partial charge on any atom is -0.439 e. The first-order valence-electron chi connectivity index (χ1n) is 7.02. The van der Waals surface area contributed by atoms with E-state index in [1.54, 1.807) is 6.07 Å². The van der Waals surface area contributed by atoms with Crippen LogP contribution in [0.5, 0.6) is 5.75 Å². The molecule has 0 saturated carbocycles. The van der Waals surface area contributed by atoms with Crippen LogP contribution in [-0.4, -0.2) is 17.0 Å². The molecule has 112 valence electrons. The van der Waals surface area contributed by atoms with Crippen molar-refractivity contribution >= 4 is 17.5 Å². The number of oxime groups is 1. The van der Waals surface area contributed by atoms with E-state index in [1.165, 1.54) is 0 Å². The average molecular weight is 296 g/mol. The lowest BCUT2D eigenvalue weighted by Gasteiger charge is -2.24. The quantitative estimate of drug-likeness (QED) is 0.661. The van der Waals surface area contributed by atoms with Gasteiger partial charge in [0.05, 0.1) is 0 Å². The largest absolute Gasteiger partial charge is 0.439 e. The summed E-state index contributed by atoms with van der Waals surface area (Å²) in [4.78, 5) is 12.5. The fourth-order valence-corrected chi connectivity index (χ4v) is 2.51. The van der Waals surface area contributed by atoms with Gasteiger partial charge in [0.2, 0.25) is 11.8 Å². The van der Waals surface area contributed by atoms with Crippen LogP contribution in [0, 0.1) is 12.8 Å². The third-order valence-electron chi connectivity index (χ3n) is 3.61. The Morgan fingerprint density at radius 2 is 2.09 bits per heavy atom. The number of nitrogens with zero attached hydrogens (tertiary/aromatic N) is 1. The number of anilines is 1. The fraction of sp³-hybridized carbons (Fsp3) is 0.176. The molecule has 0 bridgehead atoms. The number of fused-ring (bicyclic) bond motifs is 1. The van der Waals surface area contributed by atoms with Crippen LogP contribution in [0.4, 0.5) is 5.69 Å². The van der Waals surface area contributed by atoms with Gasteiger partial charge in [0.15, 0.2) is 0 Å². The molecule has 2 N–H and O–H groups in total. The molecule has 0 aromatic heterocycles. The number of rotatable bonds is 2. The Hall–Kier alpha value is -2.82. The summed E-state index contributed by atoms with van der Waals surface area (Å²) in [6.07, 6.45) is 0.438.